The molecule has 6 rings (SSSR count). The van der Waals surface area contributed by atoms with Crippen LogP contribution < -0.4 is 5.32 Å². The summed E-state index contributed by atoms with van der Waals surface area (Å²) in [7, 11) is 1.92. The number of aryl methyl sites for hydroxylation is 3. The Balaban J connectivity index is 0.000000165. The molecule has 3 heteroatoms. The van der Waals surface area contributed by atoms with Gasteiger partial charge in [-0.05, 0) is 107 Å². The number of rotatable bonds is 4. The molecule has 1 aliphatic rings. The van der Waals surface area contributed by atoms with Crippen molar-refractivity contribution in [2.24, 2.45) is 4.99 Å². The number of benzene rings is 5. The van der Waals surface area contributed by atoms with Gasteiger partial charge in [0.05, 0.1) is 11.4 Å². The predicted octanol–water partition coefficient (Wildman–Crippen LogP) is 9.60. The Bertz CT molecular complexity index is 1850. The van der Waals surface area contributed by atoms with Crippen LogP contribution in [-0.4, -0.2) is 12.8 Å². The van der Waals surface area contributed by atoms with Crippen molar-refractivity contribution in [2.75, 3.05) is 12.4 Å². The highest BCUT2D eigenvalue weighted by atomic mass is 19.1. The lowest BCUT2D eigenvalue weighted by Gasteiger charge is -2.09. The van der Waals surface area contributed by atoms with Crippen LogP contribution >= 0.6 is 0 Å². The number of terminal acetylenes is 1. The molecule has 0 saturated carbocycles. The van der Waals surface area contributed by atoms with Crippen LogP contribution in [0, 0.1) is 38.9 Å². The van der Waals surface area contributed by atoms with Gasteiger partial charge in [0.25, 0.3) is 0 Å². The summed E-state index contributed by atoms with van der Waals surface area (Å²) in [4.78, 5) is 4.66. The number of anilines is 1. The molecule has 202 valence electrons. The lowest BCUT2D eigenvalue weighted by Crippen LogP contribution is -2.02. The van der Waals surface area contributed by atoms with Crippen LogP contribution in [0.4, 0.5) is 15.8 Å². The normalized spacial score (nSPS) is 11.7. The smallest absolute Gasteiger partial charge is 0.126 e. The van der Waals surface area contributed by atoms with Gasteiger partial charge in [0.1, 0.15) is 5.82 Å². The van der Waals surface area contributed by atoms with Gasteiger partial charge in [0, 0.05) is 24.7 Å². The van der Waals surface area contributed by atoms with Gasteiger partial charge in [0.2, 0.25) is 0 Å². The van der Waals surface area contributed by atoms with E-state index in [-0.39, 0.29) is 5.82 Å². The van der Waals surface area contributed by atoms with Gasteiger partial charge in [-0.25, -0.2) is 4.39 Å². The zero-order valence-electron chi connectivity index (χ0n) is 24.0. The standard InChI is InChI=1S/C20H17N.C18H16FN/c1-4-15-12-18(16-7-9-19(21-3)10-8-16)13-17-6-5-14(2)11-20(15)17;1-4-13-7-11(2)8-18-15(13)10-17(20-18)14-6-5-12(3)16(19)9-14/h1,5-13,21H,2-3H3;4-9H,1,10H2,2-3H3. The van der Waals surface area contributed by atoms with E-state index in [1.807, 2.05) is 26.1 Å². The van der Waals surface area contributed by atoms with Crippen molar-refractivity contribution >= 4 is 33.9 Å². The summed E-state index contributed by atoms with van der Waals surface area (Å²) in [6.07, 6.45) is 8.30. The van der Waals surface area contributed by atoms with Crippen LogP contribution in [0.2, 0.25) is 0 Å². The first-order valence-electron chi connectivity index (χ1n) is 13.7. The highest BCUT2D eigenvalue weighted by molar-refractivity contribution is 6.07. The average molecular weight is 537 g/mol. The van der Waals surface area contributed by atoms with E-state index in [1.54, 1.807) is 19.1 Å². The number of hydrogen-bond donors (Lipinski definition) is 1. The second-order valence-corrected chi connectivity index (χ2v) is 10.5. The van der Waals surface area contributed by atoms with Crippen LogP contribution in [0.3, 0.4) is 0 Å². The highest BCUT2D eigenvalue weighted by Crippen LogP contribution is 2.34. The molecule has 0 bridgehead atoms. The highest BCUT2D eigenvalue weighted by Gasteiger charge is 2.19. The molecule has 2 nitrogen and oxygen atoms in total. The van der Waals surface area contributed by atoms with Gasteiger partial charge in [-0.15, -0.1) is 6.42 Å². The van der Waals surface area contributed by atoms with E-state index in [2.05, 4.69) is 96.5 Å². The van der Waals surface area contributed by atoms with Crippen molar-refractivity contribution in [3.8, 4) is 23.5 Å². The monoisotopic (exact) mass is 536 g/mol. The second-order valence-electron chi connectivity index (χ2n) is 10.5. The van der Waals surface area contributed by atoms with E-state index < -0.39 is 0 Å². The van der Waals surface area contributed by atoms with E-state index >= 15 is 0 Å². The quantitative estimate of drug-likeness (QED) is 0.227. The molecule has 41 heavy (non-hydrogen) atoms. The Hall–Kier alpha value is -4.94. The molecule has 1 aliphatic heterocycles. The summed E-state index contributed by atoms with van der Waals surface area (Å²) in [5.41, 5.74) is 12.5. The molecule has 5 aromatic rings. The molecular formula is C38H33FN2. The lowest BCUT2D eigenvalue weighted by atomic mass is 9.96. The topological polar surface area (TPSA) is 24.4 Å². The predicted molar refractivity (Wildman–Crippen MR) is 174 cm³/mol. The Labute approximate surface area is 242 Å². The van der Waals surface area contributed by atoms with Crippen LogP contribution in [0.1, 0.15) is 38.9 Å². The fourth-order valence-electron chi connectivity index (χ4n) is 5.18. The number of nitrogens with one attached hydrogen (secondary N) is 1. The molecule has 1 heterocycles. The van der Waals surface area contributed by atoms with Crippen molar-refractivity contribution in [3.05, 3.63) is 136 Å². The Morgan fingerprint density at radius 3 is 2.29 bits per heavy atom. The summed E-state index contributed by atoms with van der Waals surface area (Å²) in [6, 6.07) is 28.6. The number of aliphatic imine (C=N–C) groups is 1. The van der Waals surface area contributed by atoms with Gasteiger partial charge in [0.15, 0.2) is 0 Å². The first-order valence-corrected chi connectivity index (χ1v) is 13.7. The fraction of sp³-hybridized carbons (Fsp3) is 0.132. The molecule has 5 aromatic carbocycles. The number of halogens is 1. The fourth-order valence-corrected chi connectivity index (χ4v) is 5.18. The molecule has 0 unspecified atom stereocenters. The van der Waals surface area contributed by atoms with Gasteiger partial charge >= 0.3 is 0 Å². The molecule has 0 aliphatic carbocycles. The maximum absolute atomic E-state index is 13.7. The van der Waals surface area contributed by atoms with Gasteiger partial charge in [-0.1, -0.05) is 72.7 Å². The van der Waals surface area contributed by atoms with Crippen molar-refractivity contribution < 1.29 is 4.39 Å². The van der Waals surface area contributed by atoms with E-state index in [0.717, 1.165) is 51.1 Å². The van der Waals surface area contributed by atoms with Crippen molar-refractivity contribution in [1.82, 2.24) is 0 Å². The molecule has 0 saturated heterocycles. The minimum absolute atomic E-state index is 0.179. The van der Waals surface area contributed by atoms with Gasteiger partial charge < -0.3 is 5.32 Å². The van der Waals surface area contributed by atoms with Gasteiger partial charge in [-0.2, -0.15) is 0 Å². The summed E-state index contributed by atoms with van der Waals surface area (Å²) < 4.78 is 13.7. The van der Waals surface area contributed by atoms with Crippen LogP contribution in [0.15, 0.2) is 96.5 Å². The van der Waals surface area contributed by atoms with Gasteiger partial charge in [-0.3, -0.25) is 4.99 Å². The maximum Gasteiger partial charge on any atom is 0.126 e. The van der Waals surface area contributed by atoms with Crippen LogP contribution in [-0.2, 0) is 6.42 Å². The minimum atomic E-state index is -0.179. The molecule has 0 aromatic heterocycles. The molecule has 0 spiro atoms. The number of nitrogens with zero attached hydrogens (tertiary/aromatic N) is 1. The summed E-state index contributed by atoms with van der Waals surface area (Å²) in [5.74, 6) is 2.64. The molecule has 0 fully saturated rings. The molecular weight excluding hydrogens is 503 g/mol. The van der Waals surface area contributed by atoms with E-state index in [1.165, 1.54) is 27.6 Å². The lowest BCUT2D eigenvalue weighted by molar-refractivity contribution is 0.618. The molecule has 0 amide bonds. The Kier molecular flexibility index (Phi) is 7.86. The average Bonchev–Trinajstić information content (AvgIpc) is 3.42. The molecule has 0 radical (unpaired) electrons. The van der Waals surface area contributed by atoms with Crippen molar-refractivity contribution in [1.29, 1.82) is 0 Å². The Morgan fingerprint density at radius 2 is 1.61 bits per heavy atom. The third-order valence-electron chi connectivity index (χ3n) is 7.50. The van der Waals surface area contributed by atoms with Crippen LogP contribution in [0.25, 0.3) is 28.0 Å². The van der Waals surface area contributed by atoms with E-state index in [4.69, 9.17) is 6.42 Å². The number of fused-ring (bicyclic) bond motifs is 2. The zero-order chi connectivity index (χ0) is 29.1. The van der Waals surface area contributed by atoms with Crippen molar-refractivity contribution in [2.45, 2.75) is 27.2 Å². The van der Waals surface area contributed by atoms with Crippen molar-refractivity contribution in [3.63, 3.8) is 0 Å². The maximum atomic E-state index is 13.7. The summed E-state index contributed by atoms with van der Waals surface area (Å²) >= 11 is 0. The second kappa shape index (κ2) is 11.7. The summed E-state index contributed by atoms with van der Waals surface area (Å²) in [6.45, 7) is 9.76. The third-order valence-corrected chi connectivity index (χ3v) is 7.50. The molecule has 0 atom stereocenters. The minimum Gasteiger partial charge on any atom is -0.388 e. The molecule has 1 N–H and O–H groups in total. The first kappa shape index (κ1) is 27.6. The van der Waals surface area contributed by atoms with E-state index in [0.29, 0.717) is 5.56 Å². The largest absolute Gasteiger partial charge is 0.388 e. The number of hydrogen-bond acceptors (Lipinski definition) is 2. The third kappa shape index (κ3) is 5.83. The Morgan fingerprint density at radius 1 is 0.854 bits per heavy atom. The SMILES string of the molecule is C#Cc1cc(-c2ccc(NC)cc2)cc2ccc(C)cc12.C=Cc1cc(C)cc2c1CC(c1ccc(C)c(F)c1)=N2. The van der Waals surface area contributed by atoms with E-state index in [9.17, 15) is 4.39 Å². The van der Waals surface area contributed by atoms with Crippen LogP contribution in [0.5, 0.6) is 0 Å². The summed E-state index contributed by atoms with van der Waals surface area (Å²) in [5, 5.41) is 5.46. The first-order chi connectivity index (χ1) is 19.8. The zero-order valence-corrected chi connectivity index (χ0v) is 24.0.